The second-order valence-electron chi connectivity index (χ2n) is 3.94. The van der Waals surface area contributed by atoms with Crippen molar-refractivity contribution in [3.05, 3.63) is 40.7 Å². The number of aryl methyl sites for hydroxylation is 2. The van der Waals surface area contributed by atoms with Gasteiger partial charge in [0.1, 0.15) is 5.82 Å². The van der Waals surface area contributed by atoms with Crippen molar-refractivity contribution in [2.75, 3.05) is 0 Å². The molecule has 0 fully saturated rings. The van der Waals surface area contributed by atoms with Crippen LogP contribution in [0.25, 0.3) is 0 Å². The lowest BCUT2D eigenvalue weighted by Crippen LogP contribution is -1.98. The molecule has 6 heteroatoms. The fraction of sp³-hybridized carbons (Fsp3) is 0.250. The fourth-order valence-corrected chi connectivity index (χ4v) is 2.44. The Bertz CT molecular complexity index is 580. The predicted molar refractivity (Wildman–Crippen MR) is 68.8 cm³/mol. The summed E-state index contributed by atoms with van der Waals surface area (Å²) in [6.07, 6.45) is 0. The number of H-pyrrole nitrogens is 1. The molecular formula is C12H13N3O2S. The third kappa shape index (κ3) is 2.89. The SMILES string of the molecule is Cc1nc(SCc2ccc(C(=O)O)cc2C)n[nH]1. The first-order valence-electron chi connectivity index (χ1n) is 5.41. The van der Waals surface area contributed by atoms with Gasteiger partial charge in [0.2, 0.25) is 5.16 Å². The van der Waals surface area contributed by atoms with E-state index in [-0.39, 0.29) is 0 Å². The van der Waals surface area contributed by atoms with Crippen molar-refractivity contribution in [3.63, 3.8) is 0 Å². The minimum atomic E-state index is -0.901. The molecule has 2 N–H and O–H groups in total. The standard InChI is InChI=1S/C12H13N3O2S/c1-7-5-9(11(16)17)3-4-10(7)6-18-12-13-8(2)14-15-12/h3-5H,6H2,1-2H3,(H,16,17)(H,13,14,15). The van der Waals surface area contributed by atoms with Crippen LogP contribution in [0.15, 0.2) is 23.4 Å². The molecule has 1 aromatic heterocycles. The first kappa shape index (κ1) is 12.6. The molecule has 0 saturated carbocycles. The Morgan fingerprint density at radius 3 is 2.78 bits per heavy atom. The number of nitrogens with zero attached hydrogens (tertiary/aromatic N) is 2. The highest BCUT2D eigenvalue weighted by Gasteiger charge is 2.07. The molecule has 2 aromatic rings. The summed E-state index contributed by atoms with van der Waals surface area (Å²) in [5.41, 5.74) is 2.37. The molecule has 0 spiro atoms. The van der Waals surface area contributed by atoms with Gasteiger partial charge in [0.15, 0.2) is 0 Å². The number of aromatic carboxylic acids is 1. The largest absolute Gasteiger partial charge is 0.478 e. The molecule has 0 unspecified atom stereocenters. The van der Waals surface area contributed by atoms with Crippen LogP contribution in [-0.4, -0.2) is 26.3 Å². The molecule has 0 amide bonds. The van der Waals surface area contributed by atoms with Crippen molar-refractivity contribution in [2.45, 2.75) is 24.8 Å². The summed E-state index contributed by atoms with van der Waals surface area (Å²) in [5.74, 6) is 0.612. The van der Waals surface area contributed by atoms with Crippen LogP contribution in [-0.2, 0) is 5.75 Å². The fourth-order valence-electron chi connectivity index (χ4n) is 1.52. The first-order chi connectivity index (χ1) is 8.56. The molecular weight excluding hydrogens is 250 g/mol. The second-order valence-corrected chi connectivity index (χ2v) is 4.88. The quantitative estimate of drug-likeness (QED) is 0.828. The molecule has 1 aromatic carbocycles. The van der Waals surface area contributed by atoms with E-state index in [0.29, 0.717) is 10.7 Å². The van der Waals surface area contributed by atoms with E-state index < -0.39 is 5.97 Å². The smallest absolute Gasteiger partial charge is 0.335 e. The summed E-state index contributed by atoms with van der Waals surface area (Å²) in [6.45, 7) is 3.76. The zero-order chi connectivity index (χ0) is 13.1. The molecule has 0 radical (unpaired) electrons. The number of aromatic amines is 1. The summed E-state index contributed by atoms with van der Waals surface area (Å²) in [6, 6.07) is 5.14. The van der Waals surface area contributed by atoms with Crippen LogP contribution in [0.4, 0.5) is 0 Å². The lowest BCUT2D eigenvalue weighted by molar-refractivity contribution is 0.0697. The van der Waals surface area contributed by atoms with E-state index in [0.717, 1.165) is 22.7 Å². The molecule has 0 atom stereocenters. The molecule has 0 aliphatic carbocycles. The summed E-state index contributed by atoms with van der Waals surface area (Å²) < 4.78 is 0. The molecule has 2 rings (SSSR count). The summed E-state index contributed by atoms with van der Waals surface area (Å²) in [4.78, 5) is 15.0. The number of aromatic nitrogens is 3. The van der Waals surface area contributed by atoms with Crippen LogP contribution >= 0.6 is 11.8 Å². The van der Waals surface area contributed by atoms with Gasteiger partial charge in [-0.05, 0) is 37.1 Å². The molecule has 0 aliphatic heterocycles. The van der Waals surface area contributed by atoms with Gasteiger partial charge in [-0.1, -0.05) is 17.8 Å². The molecule has 18 heavy (non-hydrogen) atoms. The summed E-state index contributed by atoms with van der Waals surface area (Å²) in [7, 11) is 0. The van der Waals surface area contributed by atoms with Gasteiger partial charge in [0.05, 0.1) is 5.56 Å². The zero-order valence-electron chi connectivity index (χ0n) is 10.1. The van der Waals surface area contributed by atoms with Crippen LogP contribution in [0.2, 0.25) is 0 Å². The van der Waals surface area contributed by atoms with E-state index in [1.807, 2.05) is 19.9 Å². The second kappa shape index (κ2) is 5.22. The number of rotatable bonds is 4. The van der Waals surface area contributed by atoms with Crippen LogP contribution in [0, 0.1) is 13.8 Å². The summed E-state index contributed by atoms with van der Waals surface area (Å²) >= 11 is 1.52. The maximum absolute atomic E-state index is 10.8. The number of benzene rings is 1. The molecule has 0 saturated heterocycles. The Hall–Kier alpha value is -1.82. The van der Waals surface area contributed by atoms with E-state index in [1.54, 1.807) is 12.1 Å². The Morgan fingerprint density at radius 2 is 2.22 bits per heavy atom. The third-order valence-corrected chi connectivity index (χ3v) is 3.42. The van der Waals surface area contributed by atoms with Crippen LogP contribution in [0.5, 0.6) is 0 Å². The highest BCUT2D eigenvalue weighted by molar-refractivity contribution is 7.98. The Balaban J connectivity index is 2.08. The molecule has 94 valence electrons. The van der Waals surface area contributed by atoms with Gasteiger partial charge in [-0.15, -0.1) is 5.10 Å². The normalized spacial score (nSPS) is 10.6. The first-order valence-corrected chi connectivity index (χ1v) is 6.39. The lowest BCUT2D eigenvalue weighted by atomic mass is 10.1. The lowest BCUT2D eigenvalue weighted by Gasteiger charge is -2.05. The molecule has 0 aliphatic rings. The van der Waals surface area contributed by atoms with E-state index >= 15 is 0 Å². The number of thioether (sulfide) groups is 1. The monoisotopic (exact) mass is 263 g/mol. The Morgan fingerprint density at radius 1 is 1.44 bits per heavy atom. The van der Waals surface area contributed by atoms with Crippen molar-refractivity contribution in [3.8, 4) is 0 Å². The maximum Gasteiger partial charge on any atom is 0.335 e. The zero-order valence-corrected chi connectivity index (χ0v) is 10.9. The van der Waals surface area contributed by atoms with Crippen molar-refractivity contribution >= 4 is 17.7 Å². The van der Waals surface area contributed by atoms with E-state index in [9.17, 15) is 4.79 Å². The van der Waals surface area contributed by atoms with Crippen LogP contribution in [0.3, 0.4) is 0 Å². The number of carboxylic acids is 1. The highest BCUT2D eigenvalue weighted by atomic mass is 32.2. The highest BCUT2D eigenvalue weighted by Crippen LogP contribution is 2.22. The van der Waals surface area contributed by atoms with Crippen molar-refractivity contribution in [2.24, 2.45) is 0 Å². The van der Waals surface area contributed by atoms with E-state index in [1.165, 1.54) is 11.8 Å². The minimum Gasteiger partial charge on any atom is -0.478 e. The topological polar surface area (TPSA) is 78.9 Å². The Labute approximate surface area is 109 Å². The number of hydrogen-bond acceptors (Lipinski definition) is 4. The summed E-state index contributed by atoms with van der Waals surface area (Å²) in [5, 5.41) is 16.4. The maximum atomic E-state index is 10.8. The molecule has 0 bridgehead atoms. The average Bonchev–Trinajstić information content (AvgIpc) is 2.73. The van der Waals surface area contributed by atoms with Gasteiger partial charge in [0.25, 0.3) is 0 Å². The van der Waals surface area contributed by atoms with Gasteiger partial charge in [-0.25, -0.2) is 9.78 Å². The predicted octanol–water partition coefficient (Wildman–Crippen LogP) is 2.41. The number of carboxylic acid groups (broad SMARTS) is 1. The van der Waals surface area contributed by atoms with Crippen LogP contribution < -0.4 is 0 Å². The third-order valence-electron chi connectivity index (χ3n) is 2.52. The van der Waals surface area contributed by atoms with Gasteiger partial charge >= 0.3 is 5.97 Å². The Kier molecular flexibility index (Phi) is 3.66. The number of hydrogen-bond donors (Lipinski definition) is 2. The molecule has 1 heterocycles. The minimum absolute atomic E-state index is 0.315. The van der Waals surface area contributed by atoms with Gasteiger partial charge in [0, 0.05) is 5.75 Å². The van der Waals surface area contributed by atoms with Crippen molar-refractivity contribution in [1.82, 2.24) is 15.2 Å². The molecule has 5 nitrogen and oxygen atoms in total. The number of nitrogens with one attached hydrogen (secondary N) is 1. The van der Waals surface area contributed by atoms with Crippen molar-refractivity contribution < 1.29 is 9.90 Å². The van der Waals surface area contributed by atoms with Crippen molar-refractivity contribution in [1.29, 1.82) is 0 Å². The average molecular weight is 263 g/mol. The number of carbonyl (C=O) groups is 1. The van der Waals surface area contributed by atoms with Gasteiger partial charge in [-0.3, -0.25) is 5.10 Å². The van der Waals surface area contributed by atoms with Crippen LogP contribution in [0.1, 0.15) is 27.3 Å². The van der Waals surface area contributed by atoms with E-state index in [4.69, 9.17) is 5.11 Å². The van der Waals surface area contributed by atoms with E-state index in [2.05, 4.69) is 15.2 Å². The van der Waals surface area contributed by atoms with Gasteiger partial charge in [-0.2, -0.15) is 0 Å². The van der Waals surface area contributed by atoms with Gasteiger partial charge < -0.3 is 5.11 Å².